The third-order valence-electron chi connectivity index (χ3n) is 3.99. The minimum atomic E-state index is -3.68. The molecule has 8 heteroatoms. The molecule has 1 aliphatic rings. The molecule has 2 N–H and O–H groups in total. The zero-order valence-electron chi connectivity index (χ0n) is 14.5. The Morgan fingerprint density at radius 2 is 1.88 bits per heavy atom. The minimum absolute atomic E-state index is 0.0415. The van der Waals surface area contributed by atoms with Gasteiger partial charge in [-0.25, -0.2) is 0 Å². The molecule has 1 aliphatic heterocycles. The first-order valence-corrected chi connectivity index (χ1v) is 9.11. The Balaban J connectivity index is 2.14. The summed E-state index contributed by atoms with van der Waals surface area (Å²) in [5.41, 5.74) is 6.05. The maximum absolute atomic E-state index is 12.4. The molecule has 0 saturated heterocycles. The van der Waals surface area contributed by atoms with Crippen LogP contribution in [0.4, 0.5) is 0 Å². The van der Waals surface area contributed by atoms with Crippen LogP contribution in [-0.4, -0.2) is 63.7 Å². The fourth-order valence-electron chi connectivity index (χ4n) is 2.56. The normalized spacial score (nSPS) is 15.6. The largest absolute Gasteiger partial charge is 0.349 e. The Labute approximate surface area is 143 Å². The van der Waals surface area contributed by atoms with E-state index in [2.05, 4.69) is 4.40 Å². The number of carbonyl (C=O) groups is 1. The van der Waals surface area contributed by atoms with Crippen LogP contribution in [0.1, 0.15) is 19.4 Å². The van der Waals surface area contributed by atoms with Gasteiger partial charge in [0.05, 0.1) is 6.54 Å². The Morgan fingerprint density at radius 1 is 1.25 bits per heavy atom. The molecule has 0 unspecified atom stereocenters. The van der Waals surface area contributed by atoms with Gasteiger partial charge in [-0.15, -0.1) is 4.40 Å². The number of nitrogens with two attached hydrogens (primary N) is 1. The molecular weight excluding hydrogens is 328 g/mol. The molecule has 7 nitrogen and oxygen atoms in total. The first kappa shape index (κ1) is 18.4. The van der Waals surface area contributed by atoms with Gasteiger partial charge < -0.3 is 15.5 Å². The molecule has 0 fully saturated rings. The average molecular weight is 352 g/mol. The highest BCUT2D eigenvalue weighted by molar-refractivity contribution is 7.90. The van der Waals surface area contributed by atoms with E-state index in [4.69, 9.17) is 5.73 Å². The quantitative estimate of drug-likeness (QED) is 0.833. The monoisotopic (exact) mass is 352 g/mol. The van der Waals surface area contributed by atoms with Crippen LogP contribution in [0.15, 0.2) is 33.6 Å². The summed E-state index contributed by atoms with van der Waals surface area (Å²) < 4.78 is 28.0. The van der Waals surface area contributed by atoms with E-state index in [1.165, 1.54) is 6.07 Å². The number of carbonyl (C=O) groups excluding carboxylic acids is 1. The standard InChI is InChI=1S/C16H24N4O3S/c1-16(2,10-17)11-20(4)14(21)9-19(3)15-12-7-5-6-8-13(12)24(22,23)18-15/h5-8H,9-11,17H2,1-4H3. The predicted molar refractivity (Wildman–Crippen MR) is 93.3 cm³/mol. The van der Waals surface area contributed by atoms with Crippen molar-refractivity contribution in [3.8, 4) is 0 Å². The van der Waals surface area contributed by atoms with Gasteiger partial charge in [-0.05, 0) is 24.1 Å². The summed E-state index contributed by atoms with van der Waals surface area (Å²) >= 11 is 0. The molecule has 1 aromatic carbocycles. The SMILES string of the molecule is CN(CC(C)(C)CN)C(=O)CN(C)C1=NS(=O)(=O)c2ccccc21. The average Bonchev–Trinajstić information content (AvgIpc) is 2.79. The number of amides is 1. The highest BCUT2D eigenvalue weighted by Crippen LogP contribution is 2.26. The van der Waals surface area contributed by atoms with E-state index in [0.29, 0.717) is 24.5 Å². The van der Waals surface area contributed by atoms with Crippen LogP contribution in [0.3, 0.4) is 0 Å². The number of rotatable bonds is 5. The number of benzene rings is 1. The molecule has 2 rings (SSSR count). The van der Waals surface area contributed by atoms with Crippen molar-refractivity contribution >= 4 is 21.8 Å². The second kappa shape index (κ2) is 6.52. The van der Waals surface area contributed by atoms with Gasteiger partial charge in [-0.2, -0.15) is 8.42 Å². The van der Waals surface area contributed by atoms with Crippen LogP contribution >= 0.6 is 0 Å². The molecule has 1 aromatic rings. The van der Waals surface area contributed by atoms with Gasteiger partial charge in [0.15, 0.2) is 5.84 Å². The van der Waals surface area contributed by atoms with Crippen molar-refractivity contribution < 1.29 is 13.2 Å². The lowest BCUT2D eigenvalue weighted by Gasteiger charge is -2.30. The van der Waals surface area contributed by atoms with Crippen LogP contribution in [0, 0.1) is 5.41 Å². The maximum atomic E-state index is 12.4. The van der Waals surface area contributed by atoms with E-state index >= 15 is 0 Å². The molecule has 0 spiro atoms. The van der Waals surface area contributed by atoms with Gasteiger partial charge in [-0.3, -0.25) is 4.79 Å². The summed E-state index contributed by atoms with van der Waals surface area (Å²) in [4.78, 5) is 15.8. The molecule has 24 heavy (non-hydrogen) atoms. The summed E-state index contributed by atoms with van der Waals surface area (Å²) in [6.45, 7) is 5.02. The maximum Gasteiger partial charge on any atom is 0.285 e. The van der Waals surface area contributed by atoms with Crippen molar-refractivity contribution in [2.24, 2.45) is 15.5 Å². The summed E-state index contributed by atoms with van der Waals surface area (Å²) in [6, 6.07) is 6.62. The number of sulfonamides is 1. The molecule has 0 radical (unpaired) electrons. The van der Waals surface area contributed by atoms with Crippen LogP contribution in [0.2, 0.25) is 0 Å². The van der Waals surface area contributed by atoms with E-state index in [1.807, 2.05) is 13.8 Å². The lowest BCUT2D eigenvalue weighted by Crippen LogP contribution is -2.44. The number of hydrogen-bond donors (Lipinski definition) is 1. The Morgan fingerprint density at radius 3 is 2.50 bits per heavy atom. The Bertz CT molecular complexity index is 771. The van der Waals surface area contributed by atoms with Gasteiger partial charge in [-0.1, -0.05) is 26.0 Å². The third-order valence-corrected chi connectivity index (χ3v) is 5.32. The Hall–Kier alpha value is -1.93. The van der Waals surface area contributed by atoms with Gasteiger partial charge in [0.1, 0.15) is 4.90 Å². The second-order valence-electron chi connectivity index (χ2n) is 6.86. The van der Waals surface area contributed by atoms with Crippen molar-refractivity contribution in [3.05, 3.63) is 29.8 Å². The summed E-state index contributed by atoms with van der Waals surface area (Å²) in [6.07, 6.45) is 0. The predicted octanol–water partition coefficient (Wildman–Crippen LogP) is 0.511. The minimum Gasteiger partial charge on any atom is -0.349 e. The van der Waals surface area contributed by atoms with Crippen LogP contribution in [0.25, 0.3) is 0 Å². The molecule has 0 atom stereocenters. The highest BCUT2D eigenvalue weighted by Gasteiger charge is 2.31. The second-order valence-corrected chi connectivity index (χ2v) is 8.43. The van der Waals surface area contributed by atoms with Crippen molar-refractivity contribution in [3.63, 3.8) is 0 Å². The first-order chi connectivity index (χ1) is 11.1. The van der Waals surface area contributed by atoms with E-state index in [1.54, 1.807) is 42.1 Å². The van der Waals surface area contributed by atoms with Gasteiger partial charge in [0.25, 0.3) is 10.0 Å². The summed E-state index contributed by atoms with van der Waals surface area (Å²) in [5, 5.41) is 0. The van der Waals surface area contributed by atoms with Crippen LogP contribution < -0.4 is 5.73 Å². The first-order valence-electron chi connectivity index (χ1n) is 7.67. The number of amidine groups is 1. The molecule has 0 aliphatic carbocycles. The Kier molecular flexibility index (Phi) is 5.00. The van der Waals surface area contributed by atoms with Crippen molar-refractivity contribution in [1.82, 2.24) is 9.80 Å². The molecule has 1 heterocycles. The van der Waals surface area contributed by atoms with Gasteiger partial charge in [0, 0.05) is 26.2 Å². The topological polar surface area (TPSA) is 96.1 Å². The smallest absolute Gasteiger partial charge is 0.285 e. The number of likely N-dealkylation sites (N-methyl/N-ethyl adjacent to an activating group) is 2. The fourth-order valence-corrected chi connectivity index (χ4v) is 3.81. The van der Waals surface area contributed by atoms with Crippen molar-refractivity contribution in [1.29, 1.82) is 0 Å². The summed E-state index contributed by atoms with van der Waals surface area (Å²) in [5.74, 6) is 0.175. The number of nitrogens with zero attached hydrogens (tertiary/aromatic N) is 3. The molecule has 132 valence electrons. The fraction of sp³-hybridized carbons (Fsp3) is 0.500. The number of fused-ring (bicyclic) bond motifs is 1. The van der Waals surface area contributed by atoms with Crippen molar-refractivity contribution in [2.45, 2.75) is 18.7 Å². The summed E-state index contributed by atoms with van der Waals surface area (Å²) in [7, 11) is -0.304. The van der Waals surface area contributed by atoms with Gasteiger partial charge >= 0.3 is 0 Å². The third kappa shape index (κ3) is 3.76. The van der Waals surface area contributed by atoms with E-state index in [0.717, 1.165) is 0 Å². The zero-order valence-corrected chi connectivity index (χ0v) is 15.3. The van der Waals surface area contributed by atoms with E-state index in [-0.39, 0.29) is 22.8 Å². The molecule has 1 amide bonds. The molecule has 0 aromatic heterocycles. The highest BCUT2D eigenvalue weighted by atomic mass is 32.2. The van der Waals surface area contributed by atoms with Crippen molar-refractivity contribution in [2.75, 3.05) is 33.7 Å². The van der Waals surface area contributed by atoms with Crippen LogP contribution in [0.5, 0.6) is 0 Å². The molecule has 0 bridgehead atoms. The lowest BCUT2D eigenvalue weighted by atomic mass is 9.93. The van der Waals surface area contributed by atoms with E-state index in [9.17, 15) is 13.2 Å². The van der Waals surface area contributed by atoms with Crippen LogP contribution in [-0.2, 0) is 14.8 Å². The molecular formula is C16H24N4O3S. The number of hydrogen-bond acceptors (Lipinski definition) is 5. The van der Waals surface area contributed by atoms with E-state index < -0.39 is 10.0 Å². The van der Waals surface area contributed by atoms with Gasteiger partial charge in [0.2, 0.25) is 5.91 Å². The molecule has 0 saturated carbocycles. The zero-order chi connectivity index (χ0) is 18.1. The lowest BCUT2D eigenvalue weighted by molar-refractivity contribution is -0.131.